The molecule has 0 N–H and O–H groups in total. The number of thioether (sulfide) groups is 3. The van der Waals surface area contributed by atoms with Crippen molar-refractivity contribution in [3.8, 4) is 0 Å². The third kappa shape index (κ3) is 2.35. The molecule has 0 aromatic heterocycles. The molecule has 0 amide bonds. The number of non-ortho nitro benzene ring substituents is 1. The normalized spacial score (nSPS) is 21.1. The van der Waals surface area contributed by atoms with Crippen molar-refractivity contribution >= 4 is 45.3 Å². The SMILES string of the molecule is CSC1=NN2C(=CSC2c2ccc([N+](=O)[O-])cc2)S1. The number of rotatable bonds is 2. The Morgan fingerprint density at radius 2 is 2.16 bits per heavy atom. The maximum atomic E-state index is 10.6. The topological polar surface area (TPSA) is 58.7 Å². The Hall–Kier alpha value is -1.12. The molecular weight excluding hydrogens is 302 g/mol. The lowest BCUT2D eigenvalue weighted by atomic mass is 10.2. The van der Waals surface area contributed by atoms with Crippen LogP contribution in [0.15, 0.2) is 39.8 Å². The number of hydrazone groups is 1. The summed E-state index contributed by atoms with van der Waals surface area (Å²) in [6.07, 6.45) is 2.00. The number of nitro benzene ring substituents is 1. The predicted molar refractivity (Wildman–Crippen MR) is 81.9 cm³/mol. The second kappa shape index (κ2) is 5.10. The van der Waals surface area contributed by atoms with E-state index in [0.717, 1.165) is 15.0 Å². The molecule has 0 bridgehead atoms. The van der Waals surface area contributed by atoms with E-state index in [0.29, 0.717) is 0 Å². The van der Waals surface area contributed by atoms with Gasteiger partial charge in [-0.3, -0.25) is 10.1 Å². The second-order valence-corrected chi connectivity index (χ2v) is 6.83. The molecule has 0 radical (unpaired) electrons. The molecule has 98 valence electrons. The highest BCUT2D eigenvalue weighted by atomic mass is 32.2. The van der Waals surface area contributed by atoms with Gasteiger partial charge in [0.1, 0.15) is 10.4 Å². The summed E-state index contributed by atoms with van der Waals surface area (Å²) < 4.78 is 1.03. The lowest BCUT2D eigenvalue weighted by Gasteiger charge is -2.19. The smallest absolute Gasteiger partial charge is 0.258 e. The largest absolute Gasteiger partial charge is 0.269 e. The van der Waals surface area contributed by atoms with Crippen molar-refractivity contribution in [2.45, 2.75) is 5.37 Å². The molecule has 0 spiro atoms. The Morgan fingerprint density at radius 1 is 1.42 bits per heavy atom. The molecule has 2 heterocycles. The minimum Gasteiger partial charge on any atom is -0.258 e. The van der Waals surface area contributed by atoms with Gasteiger partial charge in [-0.25, -0.2) is 5.01 Å². The summed E-state index contributed by atoms with van der Waals surface area (Å²) in [5, 5.41) is 20.4. The van der Waals surface area contributed by atoms with Crippen LogP contribution >= 0.6 is 35.3 Å². The van der Waals surface area contributed by atoms with Gasteiger partial charge in [-0.05, 0) is 35.7 Å². The molecule has 0 aliphatic carbocycles. The number of benzene rings is 1. The van der Waals surface area contributed by atoms with Crippen molar-refractivity contribution in [2.75, 3.05) is 6.26 Å². The zero-order valence-corrected chi connectivity index (χ0v) is 12.3. The fraction of sp³-hybridized carbons (Fsp3) is 0.182. The molecule has 19 heavy (non-hydrogen) atoms. The average Bonchev–Trinajstić information content (AvgIpc) is 2.98. The molecule has 2 aliphatic rings. The van der Waals surface area contributed by atoms with Gasteiger partial charge in [0.2, 0.25) is 0 Å². The zero-order chi connectivity index (χ0) is 13.4. The number of fused-ring (bicyclic) bond motifs is 1. The summed E-state index contributed by atoms with van der Waals surface area (Å²) in [5.41, 5.74) is 1.14. The minimum absolute atomic E-state index is 0.0768. The number of nitrogens with zero attached hydrogens (tertiary/aromatic N) is 3. The number of hydrogen-bond acceptors (Lipinski definition) is 7. The first-order valence-corrected chi connectivity index (χ1v) is 8.37. The van der Waals surface area contributed by atoms with E-state index in [-0.39, 0.29) is 16.0 Å². The average molecular weight is 311 g/mol. The summed E-state index contributed by atoms with van der Waals surface area (Å²) in [7, 11) is 0. The molecular formula is C11H9N3O2S3. The van der Waals surface area contributed by atoms with Crippen LogP contribution in [0.1, 0.15) is 10.9 Å². The van der Waals surface area contributed by atoms with Crippen molar-refractivity contribution in [1.29, 1.82) is 0 Å². The molecule has 5 nitrogen and oxygen atoms in total. The zero-order valence-electron chi connectivity index (χ0n) is 9.85. The van der Waals surface area contributed by atoms with Crippen LogP contribution in [0.5, 0.6) is 0 Å². The summed E-state index contributed by atoms with van der Waals surface area (Å²) >= 11 is 4.95. The number of hydrogen-bond donors (Lipinski definition) is 0. The van der Waals surface area contributed by atoms with Crippen molar-refractivity contribution < 1.29 is 4.92 Å². The van der Waals surface area contributed by atoms with E-state index >= 15 is 0 Å². The highest BCUT2D eigenvalue weighted by Crippen LogP contribution is 2.51. The summed E-state index contributed by atoms with van der Waals surface area (Å²) in [6, 6.07) is 6.67. The molecule has 1 aromatic rings. The molecule has 1 unspecified atom stereocenters. The second-order valence-electron chi connectivity index (χ2n) is 3.81. The van der Waals surface area contributed by atoms with Crippen molar-refractivity contribution in [3.63, 3.8) is 0 Å². The Balaban J connectivity index is 1.84. The summed E-state index contributed by atoms with van der Waals surface area (Å²) in [6.45, 7) is 0. The molecule has 0 fully saturated rings. The monoisotopic (exact) mass is 311 g/mol. The van der Waals surface area contributed by atoms with E-state index in [1.54, 1.807) is 47.4 Å². The van der Waals surface area contributed by atoms with E-state index in [4.69, 9.17) is 0 Å². The molecule has 1 atom stereocenters. The number of nitro groups is 1. The van der Waals surface area contributed by atoms with Gasteiger partial charge >= 0.3 is 0 Å². The third-order valence-corrected chi connectivity index (χ3v) is 5.88. The van der Waals surface area contributed by atoms with E-state index in [2.05, 4.69) is 10.5 Å². The molecule has 1 aromatic carbocycles. The summed E-state index contributed by atoms with van der Waals surface area (Å²) in [4.78, 5) is 10.3. The maximum absolute atomic E-state index is 10.6. The standard InChI is InChI=1S/C11H9N3O2S3/c1-17-11-12-13-9(19-11)6-18-10(13)7-2-4-8(5-3-7)14(15)16/h2-6,10H,1H3. The van der Waals surface area contributed by atoms with E-state index in [1.807, 2.05) is 11.3 Å². The molecule has 0 saturated carbocycles. The van der Waals surface area contributed by atoms with Gasteiger partial charge in [0.05, 0.1) is 4.92 Å². The lowest BCUT2D eigenvalue weighted by Crippen LogP contribution is -2.12. The van der Waals surface area contributed by atoms with Crippen LogP contribution in [0.4, 0.5) is 5.69 Å². The van der Waals surface area contributed by atoms with Crippen LogP contribution in [-0.2, 0) is 0 Å². The lowest BCUT2D eigenvalue weighted by molar-refractivity contribution is -0.384. The van der Waals surface area contributed by atoms with Crippen LogP contribution in [0.25, 0.3) is 0 Å². The first kappa shape index (κ1) is 12.9. The van der Waals surface area contributed by atoms with Crippen molar-refractivity contribution in [2.24, 2.45) is 5.10 Å². The van der Waals surface area contributed by atoms with Gasteiger partial charge in [-0.2, -0.15) is 5.10 Å². The quantitative estimate of drug-likeness (QED) is 0.611. The van der Waals surface area contributed by atoms with Gasteiger partial charge < -0.3 is 0 Å². The van der Waals surface area contributed by atoms with Gasteiger partial charge in [0.15, 0.2) is 4.38 Å². The van der Waals surface area contributed by atoms with Gasteiger partial charge in [-0.1, -0.05) is 11.8 Å². The van der Waals surface area contributed by atoms with Gasteiger partial charge in [0.25, 0.3) is 5.69 Å². The van der Waals surface area contributed by atoms with Gasteiger partial charge in [-0.15, -0.1) is 11.8 Å². The van der Waals surface area contributed by atoms with Crippen LogP contribution in [0.2, 0.25) is 0 Å². The van der Waals surface area contributed by atoms with Crippen LogP contribution in [0.3, 0.4) is 0 Å². The Morgan fingerprint density at radius 3 is 2.79 bits per heavy atom. The maximum Gasteiger partial charge on any atom is 0.269 e. The van der Waals surface area contributed by atoms with E-state index in [1.165, 1.54) is 12.1 Å². The predicted octanol–water partition coefficient (Wildman–Crippen LogP) is 3.82. The van der Waals surface area contributed by atoms with Crippen LogP contribution in [0, 0.1) is 10.1 Å². The molecule has 2 aliphatic heterocycles. The molecule has 3 rings (SSSR count). The third-order valence-electron chi connectivity index (χ3n) is 2.69. The highest BCUT2D eigenvalue weighted by Gasteiger charge is 2.34. The van der Waals surface area contributed by atoms with E-state index in [9.17, 15) is 10.1 Å². The van der Waals surface area contributed by atoms with Crippen LogP contribution < -0.4 is 0 Å². The molecule has 0 saturated heterocycles. The van der Waals surface area contributed by atoms with Crippen molar-refractivity contribution in [3.05, 3.63) is 50.4 Å². The molecule has 8 heteroatoms. The fourth-order valence-electron chi connectivity index (χ4n) is 1.78. The minimum atomic E-state index is -0.384. The fourth-order valence-corrected chi connectivity index (χ4v) is 4.46. The Bertz CT molecular complexity index is 585. The first-order valence-electron chi connectivity index (χ1n) is 5.38. The highest BCUT2D eigenvalue weighted by molar-refractivity contribution is 8.40. The Labute approximate surface area is 122 Å². The summed E-state index contributed by atoms with van der Waals surface area (Å²) in [5.74, 6) is 0. The first-order chi connectivity index (χ1) is 9.19. The van der Waals surface area contributed by atoms with E-state index < -0.39 is 0 Å². The van der Waals surface area contributed by atoms with Crippen LogP contribution in [-0.4, -0.2) is 20.6 Å². The Kier molecular flexibility index (Phi) is 3.46. The van der Waals surface area contributed by atoms with Gasteiger partial charge in [0, 0.05) is 17.5 Å². The van der Waals surface area contributed by atoms with Crippen molar-refractivity contribution in [1.82, 2.24) is 5.01 Å².